The number of rotatable bonds is 7. The lowest BCUT2D eigenvalue weighted by molar-refractivity contribution is -0.140. The molecule has 100 valence electrons. The van der Waals surface area contributed by atoms with Crippen LogP contribution in [0.5, 0.6) is 0 Å². The first-order valence-corrected chi connectivity index (χ1v) is 6.22. The number of unbranched alkanes of at least 4 members (excludes halogenated alkanes) is 3. The van der Waals surface area contributed by atoms with Gasteiger partial charge in [0, 0.05) is 18.9 Å². The molecule has 0 saturated carbocycles. The summed E-state index contributed by atoms with van der Waals surface area (Å²) in [5.41, 5.74) is 0.982. The Morgan fingerprint density at radius 1 is 1.33 bits per heavy atom. The largest absolute Gasteiger partial charge is 0.496 e. The quantitative estimate of drug-likeness (QED) is 0.516. The van der Waals surface area contributed by atoms with E-state index in [9.17, 15) is 9.59 Å². The van der Waals surface area contributed by atoms with E-state index in [0.29, 0.717) is 18.6 Å². The lowest BCUT2D eigenvalue weighted by Gasteiger charge is -2.03. The first kappa shape index (κ1) is 14.5. The van der Waals surface area contributed by atoms with Crippen molar-refractivity contribution in [3.05, 3.63) is 23.5 Å². The van der Waals surface area contributed by atoms with Crippen molar-refractivity contribution >= 4 is 11.8 Å². The zero-order chi connectivity index (χ0) is 13.4. The molecule has 0 aromatic heterocycles. The van der Waals surface area contributed by atoms with Gasteiger partial charge in [0.15, 0.2) is 5.78 Å². The molecule has 0 aromatic carbocycles. The smallest absolute Gasteiger partial charge is 0.305 e. The third kappa shape index (κ3) is 4.73. The van der Waals surface area contributed by atoms with Gasteiger partial charge in [-0.1, -0.05) is 12.5 Å². The van der Waals surface area contributed by atoms with E-state index in [1.165, 1.54) is 7.11 Å². The van der Waals surface area contributed by atoms with E-state index in [1.54, 1.807) is 13.2 Å². The molecular weight excluding hydrogens is 232 g/mol. The molecule has 0 amide bonds. The number of hydrogen-bond acceptors (Lipinski definition) is 4. The minimum absolute atomic E-state index is 0.101. The molecule has 0 heterocycles. The van der Waals surface area contributed by atoms with Gasteiger partial charge in [-0.25, -0.2) is 0 Å². The van der Waals surface area contributed by atoms with Crippen LogP contribution in [0.1, 0.15) is 38.5 Å². The second-order valence-electron chi connectivity index (χ2n) is 4.26. The number of esters is 1. The highest BCUT2D eigenvalue weighted by atomic mass is 16.5. The van der Waals surface area contributed by atoms with E-state index >= 15 is 0 Å². The Labute approximate surface area is 108 Å². The number of ether oxygens (including phenoxy) is 2. The van der Waals surface area contributed by atoms with Crippen LogP contribution in [0.25, 0.3) is 0 Å². The molecule has 0 unspecified atom stereocenters. The summed E-state index contributed by atoms with van der Waals surface area (Å²) in [5, 5.41) is 0. The molecule has 0 aromatic rings. The molecule has 0 bridgehead atoms. The fourth-order valence-corrected chi connectivity index (χ4v) is 1.90. The fourth-order valence-electron chi connectivity index (χ4n) is 1.90. The van der Waals surface area contributed by atoms with Crippen molar-refractivity contribution in [1.82, 2.24) is 0 Å². The van der Waals surface area contributed by atoms with Crippen molar-refractivity contribution in [2.75, 3.05) is 14.2 Å². The van der Waals surface area contributed by atoms with Gasteiger partial charge in [0.1, 0.15) is 5.76 Å². The average molecular weight is 252 g/mol. The Hall–Kier alpha value is -1.58. The van der Waals surface area contributed by atoms with Gasteiger partial charge in [0.05, 0.1) is 14.2 Å². The summed E-state index contributed by atoms with van der Waals surface area (Å²) >= 11 is 0. The Kier molecular flexibility index (Phi) is 6.19. The predicted octanol–water partition coefficient (Wildman–Crippen LogP) is 2.54. The minimum Gasteiger partial charge on any atom is -0.496 e. The number of methoxy groups -OCH3 is 2. The Balaban J connectivity index is 2.19. The molecule has 0 atom stereocenters. The maximum Gasteiger partial charge on any atom is 0.305 e. The minimum atomic E-state index is -0.153. The third-order valence-electron chi connectivity index (χ3n) is 2.90. The van der Waals surface area contributed by atoms with Crippen LogP contribution in [0.3, 0.4) is 0 Å². The van der Waals surface area contributed by atoms with Gasteiger partial charge in [0.2, 0.25) is 0 Å². The van der Waals surface area contributed by atoms with E-state index < -0.39 is 0 Å². The topological polar surface area (TPSA) is 52.6 Å². The van der Waals surface area contributed by atoms with Gasteiger partial charge in [-0.3, -0.25) is 9.59 Å². The summed E-state index contributed by atoms with van der Waals surface area (Å²) in [4.78, 5) is 22.1. The van der Waals surface area contributed by atoms with Crippen LogP contribution >= 0.6 is 0 Å². The van der Waals surface area contributed by atoms with E-state index in [4.69, 9.17) is 4.74 Å². The molecule has 0 N–H and O–H groups in total. The fraction of sp³-hybridized carbons (Fsp3) is 0.571. The van der Waals surface area contributed by atoms with Crippen LogP contribution in [0, 0.1) is 0 Å². The van der Waals surface area contributed by atoms with Crippen molar-refractivity contribution in [3.63, 3.8) is 0 Å². The molecule has 0 radical (unpaired) electrons. The summed E-state index contributed by atoms with van der Waals surface area (Å²) in [6.45, 7) is 0. The maximum atomic E-state index is 11.2. The second-order valence-corrected chi connectivity index (χ2v) is 4.26. The lowest BCUT2D eigenvalue weighted by atomic mass is 10.1. The Bertz CT molecular complexity index is 366. The van der Waals surface area contributed by atoms with Crippen LogP contribution in [0.15, 0.2) is 23.5 Å². The summed E-state index contributed by atoms with van der Waals surface area (Å²) in [5.74, 6) is 0.637. The van der Waals surface area contributed by atoms with Crippen LogP contribution in [0.2, 0.25) is 0 Å². The average Bonchev–Trinajstić information content (AvgIpc) is 2.73. The van der Waals surface area contributed by atoms with Gasteiger partial charge < -0.3 is 9.47 Å². The molecular formula is C14H20O4. The van der Waals surface area contributed by atoms with Crippen molar-refractivity contribution < 1.29 is 19.1 Å². The van der Waals surface area contributed by atoms with Crippen LogP contribution < -0.4 is 0 Å². The highest BCUT2D eigenvalue weighted by Gasteiger charge is 2.17. The monoisotopic (exact) mass is 252 g/mol. The third-order valence-corrected chi connectivity index (χ3v) is 2.90. The van der Waals surface area contributed by atoms with Crippen LogP contribution in [0.4, 0.5) is 0 Å². The van der Waals surface area contributed by atoms with Gasteiger partial charge >= 0.3 is 5.97 Å². The van der Waals surface area contributed by atoms with E-state index in [-0.39, 0.29) is 11.8 Å². The van der Waals surface area contributed by atoms with Gasteiger partial charge in [-0.15, -0.1) is 0 Å². The van der Waals surface area contributed by atoms with Crippen LogP contribution in [-0.4, -0.2) is 26.0 Å². The maximum absolute atomic E-state index is 11.2. The zero-order valence-electron chi connectivity index (χ0n) is 11.0. The van der Waals surface area contributed by atoms with Gasteiger partial charge in [0.25, 0.3) is 0 Å². The highest BCUT2D eigenvalue weighted by molar-refractivity contribution is 5.96. The number of hydrogen-bond donors (Lipinski definition) is 0. The van der Waals surface area contributed by atoms with Crippen molar-refractivity contribution in [2.24, 2.45) is 0 Å². The van der Waals surface area contributed by atoms with E-state index in [0.717, 1.165) is 31.3 Å². The molecule has 18 heavy (non-hydrogen) atoms. The van der Waals surface area contributed by atoms with Gasteiger partial charge in [-0.05, 0) is 24.8 Å². The van der Waals surface area contributed by atoms with Gasteiger partial charge in [-0.2, -0.15) is 0 Å². The number of carbonyl (C=O) groups excluding carboxylic acids is 2. The molecule has 1 rings (SSSR count). The normalized spacial score (nSPS) is 16.9. The van der Waals surface area contributed by atoms with E-state index in [1.807, 2.05) is 0 Å². The highest BCUT2D eigenvalue weighted by Crippen LogP contribution is 2.23. The summed E-state index contributed by atoms with van der Waals surface area (Å²) < 4.78 is 9.70. The Morgan fingerprint density at radius 3 is 2.78 bits per heavy atom. The SMILES string of the molecule is COC(=O)CCCCC/C=C1\CC(=O)C=C1OC. The second kappa shape index (κ2) is 7.69. The molecule has 0 aliphatic heterocycles. The standard InChI is InChI=1S/C14H20O4/c1-17-13-10-12(15)9-11(13)7-5-3-4-6-8-14(16)18-2/h7,10H,3-6,8-9H2,1-2H3/b11-7+. The van der Waals surface area contributed by atoms with Crippen molar-refractivity contribution in [1.29, 1.82) is 0 Å². The first-order valence-electron chi connectivity index (χ1n) is 6.22. The number of allylic oxidation sites excluding steroid dienone is 3. The van der Waals surface area contributed by atoms with Crippen molar-refractivity contribution in [2.45, 2.75) is 38.5 Å². The molecule has 0 fully saturated rings. The molecule has 4 heteroatoms. The molecule has 1 aliphatic rings. The van der Waals surface area contributed by atoms with Crippen LogP contribution in [-0.2, 0) is 19.1 Å². The van der Waals surface area contributed by atoms with Crippen molar-refractivity contribution in [3.8, 4) is 0 Å². The summed E-state index contributed by atoms with van der Waals surface area (Å²) in [7, 11) is 2.98. The molecule has 0 spiro atoms. The van der Waals surface area contributed by atoms with E-state index in [2.05, 4.69) is 10.8 Å². The number of ketones is 1. The summed E-state index contributed by atoms with van der Waals surface area (Å²) in [6, 6.07) is 0. The summed E-state index contributed by atoms with van der Waals surface area (Å²) in [6.07, 6.45) is 8.28. The molecule has 4 nitrogen and oxygen atoms in total. The lowest BCUT2D eigenvalue weighted by Crippen LogP contribution is -1.99. The first-order chi connectivity index (χ1) is 8.67. The number of carbonyl (C=O) groups is 2. The molecule has 0 saturated heterocycles. The zero-order valence-corrected chi connectivity index (χ0v) is 11.0. The Morgan fingerprint density at radius 2 is 2.11 bits per heavy atom. The molecule has 1 aliphatic carbocycles. The predicted molar refractivity (Wildman–Crippen MR) is 67.9 cm³/mol.